The zero-order chi connectivity index (χ0) is 19.1. The Morgan fingerprint density at radius 2 is 1.52 bits per heavy atom. The van der Waals surface area contributed by atoms with E-state index >= 15 is 0 Å². The van der Waals surface area contributed by atoms with Crippen molar-refractivity contribution in [3.05, 3.63) is 90.0 Å². The van der Waals surface area contributed by atoms with Crippen molar-refractivity contribution in [2.24, 2.45) is 0 Å². The highest BCUT2D eigenvalue weighted by molar-refractivity contribution is 6.06. The molecule has 0 aliphatic carbocycles. The standard InChI is InChI=1S/C22H20N2O3/c1-16-8-7-11-18(14-16)23-21(25)15-27-20-13-6-5-12-19(20)22(26)24-17-9-3-2-4-10-17/h2-14H,15H2,1H3,(H,23,25)(H,24,26). The topological polar surface area (TPSA) is 67.4 Å². The van der Waals surface area contributed by atoms with Gasteiger partial charge in [0, 0.05) is 11.4 Å². The van der Waals surface area contributed by atoms with Gasteiger partial charge in [0.2, 0.25) is 0 Å². The molecule has 0 aliphatic rings. The van der Waals surface area contributed by atoms with Crippen LogP contribution in [0.1, 0.15) is 15.9 Å². The Hall–Kier alpha value is -3.60. The van der Waals surface area contributed by atoms with E-state index in [4.69, 9.17) is 4.74 Å². The van der Waals surface area contributed by atoms with E-state index in [-0.39, 0.29) is 18.4 Å². The third kappa shape index (κ3) is 5.19. The minimum atomic E-state index is -0.295. The van der Waals surface area contributed by atoms with Gasteiger partial charge in [0.15, 0.2) is 6.61 Å². The first-order valence-electron chi connectivity index (χ1n) is 8.56. The number of nitrogens with one attached hydrogen (secondary N) is 2. The van der Waals surface area contributed by atoms with Gasteiger partial charge in [0.05, 0.1) is 5.56 Å². The Labute approximate surface area is 158 Å². The summed E-state index contributed by atoms with van der Waals surface area (Å²) in [5.41, 5.74) is 2.81. The van der Waals surface area contributed by atoms with Crippen LogP contribution in [0.4, 0.5) is 11.4 Å². The summed E-state index contributed by atoms with van der Waals surface area (Å²) in [5.74, 6) is -0.236. The van der Waals surface area contributed by atoms with Crippen molar-refractivity contribution in [1.29, 1.82) is 0 Å². The van der Waals surface area contributed by atoms with Crippen LogP contribution >= 0.6 is 0 Å². The SMILES string of the molecule is Cc1cccc(NC(=O)COc2ccccc2C(=O)Nc2ccccc2)c1. The highest BCUT2D eigenvalue weighted by atomic mass is 16.5. The molecule has 3 rings (SSSR count). The van der Waals surface area contributed by atoms with Crippen LogP contribution in [0.5, 0.6) is 5.75 Å². The predicted molar refractivity (Wildman–Crippen MR) is 106 cm³/mol. The van der Waals surface area contributed by atoms with E-state index in [1.165, 1.54) is 0 Å². The zero-order valence-corrected chi connectivity index (χ0v) is 14.9. The second kappa shape index (κ2) is 8.67. The Morgan fingerprint density at radius 1 is 0.815 bits per heavy atom. The molecule has 0 heterocycles. The highest BCUT2D eigenvalue weighted by Crippen LogP contribution is 2.20. The van der Waals surface area contributed by atoms with Crippen molar-refractivity contribution in [2.45, 2.75) is 6.92 Å². The number of anilines is 2. The summed E-state index contributed by atoms with van der Waals surface area (Å²) in [7, 11) is 0. The highest BCUT2D eigenvalue weighted by Gasteiger charge is 2.13. The van der Waals surface area contributed by atoms with Gasteiger partial charge >= 0.3 is 0 Å². The number of amides is 2. The Morgan fingerprint density at radius 3 is 2.30 bits per heavy atom. The fraction of sp³-hybridized carbons (Fsp3) is 0.0909. The number of ether oxygens (including phenoxy) is 1. The molecule has 0 saturated carbocycles. The second-order valence-electron chi connectivity index (χ2n) is 6.02. The van der Waals surface area contributed by atoms with Gasteiger partial charge in [-0.05, 0) is 48.9 Å². The molecule has 0 fully saturated rings. The van der Waals surface area contributed by atoms with Gasteiger partial charge in [0.25, 0.3) is 11.8 Å². The predicted octanol–water partition coefficient (Wildman–Crippen LogP) is 4.26. The molecule has 3 aromatic rings. The minimum Gasteiger partial charge on any atom is -0.483 e. The number of carbonyl (C=O) groups is 2. The molecule has 3 aromatic carbocycles. The fourth-order valence-electron chi connectivity index (χ4n) is 2.56. The van der Waals surface area contributed by atoms with Gasteiger partial charge in [-0.3, -0.25) is 9.59 Å². The number of rotatable bonds is 6. The first-order chi connectivity index (χ1) is 13.1. The Kier molecular flexibility index (Phi) is 5.84. The van der Waals surface area contributed by atoms with E-state index in [1.807, 2.05) is 49.4 Å². The summed E-state index contributed by atoms with van der Waals surface area (Å²) < 4.78 is 5.59. The summed E-state index contributed by atoms with van der Waals surface area (Å²) >= 11 is 0. The monoisotopic (exact) mass is 360 g/mol. The van der Waals surface area contributed by atoms with Crippen molar-refractivity contribution in [3.8, 4) is 5.75 Å². The van der Waals surface area contributed by atoms with Crippen LogP contribution in [0.3, 0.4) is 0 Å². The molecule has 27 heavy (non-hydrogen) atoms. The maximum absolute atomic E-state index is 12.5. The van der Waals surface area contributed by atoms with Crippen molar-refractivity contribution < 1.29 is 14.3 Å². The fourth-order valence-corrected chi connectivity index (χ4v) is 2.56. The maximum Gasteiger partial charge on any atom is 0.262 e. The number of hydrogen-bond acceptors (Lipinski definition) is 3. The lowest BCUT2D eigenvalue weighted by Gasteiger charge is -2.12. The molecule has 0 aromatic heterocycles. The second-order valence-corrected chi connectivity index (χ2v) is 6.02. The number of carbonyl (C=O) groups excluding carboxylic acids is 2. The number of hydrogen-bond donors (Lipinski definition) is 2. The van der Waals surface area contributed by atoms with E-state index in [0.717, 1.165) is 5.56 Å². The van der Waals surface area contributed by atoms with Gasteiger partial charge < -0.3 is 15.4 Å². The van der Waals surface area contributed by atoms with Gasteiger partial charge in [-0.25, -0.2) is 0 Å². The van der Waals surface area contributed by atoms with Crippen LogP contribution in [-0.4, -0.2) is 18.4 Å². The van der Waals surface area contributed by atoms with E-state index in [2.05, 4.69) is 10.6 Å². The van der Waals surface area contributed by atoms with E-state index in [1.54, 1.807) is 36.4 Å². The molecule has 0 atom stereocenters. The van der Waals surface area contributed by atoms with Crippen molar-refractivity contribution in [2.75, 3.05) is 17.2 Å². The van der Waals surface area contributed by atoms with Crippen molar-refractivity contribution in [3.63, 3.8) is 0 Å². The summed E-state index contributed by atoms with van der Waals surface area (Å²) in [6.45, 7) is 1.76. The quantitative estimate of drug-likeness (QED) is 0.690. The Bertz CT molecular complexity index is 939. The molecule has 2 amide bonds. The Balaban J connectivity index is 1.63. The molecule has 0 bridgehead atoms. The average Bonchev–Trinajstić information content (AvgIpc) is 2.67. The number of para-hydroxylation sites is 2. The molecule has 5 nitrogen and oxygen atoms in total. The van der Waals surface area contributed by atoms with Gasteiger partial charge in [-0.1, -0.05) is 42.5 Å². The van der Waals surface area contributed by atoms with Gasteiger partial charge in [-0.2, -0.15) is 0 Å². The molecular weight excluding hydrogens is 340 g/mol. The normalized spacial score (nSPS) is 10.1. The first kappa shape index (κ1) is 18.2. The lowest BCUT2D eigenvalue weighted by Crippen LogP contribution is -2.21. The third-order valence-corrected chi connectivity index (χ3v) is 3.82. The van der Waals surface area contributed by atoms with Crippen molar-refractivity contribution in [1.82, 2.24) is 0 Å². The third-order valence-electron chi connectivity index (χ3n) is 3.82. The van der Waals surface area contributed by atoms with Crippen LogP contribution in [-0.2, 0) is 4.79 Å². The molecule has 2 N–H and O–H groups in total. The average molecular weight is 360 g/mol. The first-order valence-corrected chi connectivity index (χ1v) is 8.56. The van der Waals surface area contributed by atoms with Crippen LogP contribution in [0.25, 0.3) is 0 Å². The number of aryl methyl sites for hydroxylation is 1. The van der Waals surface area contributed by atoms with Crippen LogP contribution < -0.4 is 15.4 Å². The molecule has 0 spiro atoms. The zero-order valence-electron chi connectivity index (χ0n) is 14.9. The van der Waals surface area contributed by atoms with E-state index in [0.29, 0.717) is 22.7 Å². The van der Waals surface area contributed by atoms with Crippen molar-refractivity contribution >= 4 is 23.2 Å². The molecule has 136 valence electrons. The van der Waals surface area contributed by atoms with Crippen LogP contribution in [0.2, 0.25) is 0 Å². The molecular formula is C22H20N2O3. The summed E-state index contributed by atoms with van der Waals surface area (Å²) in [6.07, 6.45) is 0. The molecule has 0 saturated heterocycles. The molecule has 0 radical (unpaired) electrons. The smallest absolute Gasteiger partial charge is 0.262 e. The van der Waals surface area contributed by atoms with E-state index in [9.17, 15) is 9.59 Å². The summed E-state index contributed by atoms with van der Waals surface area (Å²) in [6, 6.07) is 23.5. The van der Waals surface area contributed by atoms with E-state index < -0.39 is 0 Å². The summed E-state index contributed by atoms with van der Waals surface area (Å²) in [4.78, 5) is 24.6. The maximum atomic E-state index is 12.5. The molecule has 0 unspecified atom stereocenters. The lowest BCUT2D eigenvalue weighted by molar-refractivity contribution is -0.118. The van der Waals surface area contributed by atoms with Crippen LogP contribution in [0.15, 0.2) is 78.9 Å². The lowest BCUT2D eigenvalue weighted by atomic mass is 10.2. The number of benzene rings is 3. The van der Waals surface area contributed by atoms with Crippen LogP contribution in [0, 0.1) is 6.92 Å². The van der Waals surface area contributed by atoms with Gasteiger partial charge in [-0.15, -0.1) is 0 Å². The largest absolute Gasteiger partial charge is 0.483 e. The summed E-state index contributed by atoms with van der Waals surface area (Å²) in [5, 5.41) is 5.59. The van der Waals surface area contributed by atoms with Gasteiger partial charge in [0.1, 0.15) is 5.75 Å². The molecule has 0 aliphatic heterocycles. The molecule has 5 heteroatoms. The minimum absolute atomic E-state index is 0.191.